The largest absolute Gasteiger partial charge is 0.497 e. The molecule has 0 spiro atoms. The van der Waals surface area contributed by atoms with Crippen LogP contribution in [0.4, 0.5) is 5.69 Å². The van der Waals surface area contributed by atoms with Gasteiger partial charge in [-0.1, -0.05) is 36.4 Å². The number of rotatable bonds is 7. The standard InChI is InChI=1S/C21H27N3O2/c1-26-20-9-5-8-19(16-20)22-21(25)17-24-14-12-23(13-15-24)11-10-18-6-3-2-4-7-18/h2-9,16H,10-15,17H2,1H3,(H,22,25). The number of ether oxygens (including phenoxy) is 1. The first-order chi connectivity index (χ1) is 12.7. The number of hydrogen-bond acceptors (Lipinski definition) is 4. The Morgan fingerprint density at radius 2 is 1.73 bits per heavy atom. The zero-order valence-corrected chi connectivity index (χ0v) is 15.4. The molecular weight excluding hydrogens is 326 g/mol. The third kappa shape index (κ3) is 5.58. The van der Waals surface area contributed by atoms with Crippen molar-refractivity contribution in [2.45, 2.75) is 6.42 Å². The quantitative estimate of drug-likeness (QED) is 0.831. The second-order valence-corrected chi connectivity index (χ2v) is 6.63. The Morgan fingerprint density at radius 3 is 2.46 bits per heavy atom. The molecule has 0 saturated carbocycles. The van der Waals surface area contributed by atoms with Crippen LogP contribution in [0.15, 0.2) is 54.6 Å². The van der Waals surface area contributed by atoms with Gasteiger partial charge in [0.15, 0.2) is 0 Å². The maximum atomic E-state index is 12.3. The maximum Gasteiger partial charge on any atom is 0.238 e. The third-order valence-corrected chi connectivity index (χ3v) is 4.75. The molecule has 0 aromatic heterocycles. The molecule has 5 nitrogen and oxygen atoms in total. The van der Waals surface area contributed by atoms with Gasteiger partial charge in [0.05, 0.1) is 13.7 Å². The van der Waals surface area contributed by atoms with Crippen LogP contribution in [0.1, 0.15) is 5.56 Å². The second-order valence-electron chi connectivity index (χ2n) is 6.63. The first-order valence-corrected chi connectivity index (χ1v) is 9.15. The number of carbonyl (C=O) groups is 1. The minimum atomic E-state index is 0.0241. The van der Waals surface area contributed by atoms with E-state index in [4.69, 9.17) is 4.74 Å². The normalized spacial score (nSPS) is 15.6. The number of amides is 1. The Balaban J connectivity index is 1.38. The Morgan fingerprint density at radius 1 is 1.00 bits per heavy atom. The van der Waals surface area contributed by atoms with Crippen molar-refractivity contribution < 1.29 is 9.53 Å². The number of anilines is 1. The summed E-state index contributed by atoms with van der Waals surface area (Å²) < 4.78 is 5.19. The molecule has 26 heavy (non-hydrogen) atoms. The molecule has 1 fully saturated rings. The van der Waals surface area contributed by atoms with E-state index in [1.165, 1.54) is 5.56 Å². The number of methoxy groups -OCH3 is 1. The van der Waals surface area contributed by atoms with E-state index in [-0.39, 0.29) is 5.91 Å². The summed E-state index contributed by atoms with van der Waals surface area (Å²) in [6, 6.07) is 18.0. The van der Waals surface area contributed by atoms with Crippen LogP contribution in [0.2, 0.25) is 0 Å². The lowest BCUT2D eigenvalue weighted by atomic mass is 10.1. The van der Waals surface area contributed by atoms with Crippen LogP contribution in [-0.4, -0.2) is 62.1 Å². The summed E-state index contributed by atoms with van der Waals surface area (Å²) in [5.41, 5.74) is 2.16. The SMILES string of the molecule is COc1cccc(NC(=O)CN2CCN(CCc3ccccc3)CC2)c1. The summed E-state index contributed by atoms with van der Waals surface area (Å²) in [7, 11) is 1.62. The fraction of sp³-hybridized carbons (Fsp3) is 0.381. The highest BCUT2D eigenvalue weighted by Crippen LogP contribution is 2.16. The van der Waals surface area contributed by atoms with Crippen molar-refractivity contribution in [2.75, 3.05) is 51.7 Å². The molecule has 1 heterocycles. The summed E-state index contributed by atoms with van der Waals surface area (Å²) >= 11 is 0. The molecule has 1 aliphatic heterocycles. The maximum absolute atomic E-state index is 12.3. The molecule has 5 heteroatoms. The zero-order chi connectivity index (χ0) is 18.2. The van der Waals surface area contributed by atoms with E-state index >= 15 is 0 Å². The first kappa shape index (κ1) is 18.4. The zero-order valence-electron chi connectivity index (χ0n) is 15.4. The molecule has 0 radical (unpaired) electrons. The Hall–Kier alpha value is -2.37. The van der Waals surface area contributed by atoms with Gasteiger partial charge in [0.25, 0.3) is 0 Å². The van der Waals surface area contributed by atoms with Crippen LogP contribution < -0.4 is 10.1 Å². The number of benzene rings is 2. The number of nitrogens with zero attached hydrogens (tertiary/aromatic N) is 2. The van der Waals surface area contributed by atoms with E-state index in [0.29, 0.717) is 6.54 Å². The lowest BCUT2D eigenvalue weighted by Crippen LogP contribution is -2.49. The Labute approximate surface area is 155 Å². The van der Waals surface area contributed by atoms with Gasteiger partial charge in [0.1, 0.15) is 5.75 Å². The molecule has 2 aromatic rings. The summed E-state index contributed by atoms with van der Waals surface area (Å²) in [6.07, 6.45) is 1.08. The van der Waals surface area contributed by atoms with Gasteiger partial charge >= 0.3 is 0 Å². The van der Waals surface area contributed by atoms with Gasteiger partial charge in [-0.05, 0) is 24.1 Å². The van der Waals surface area contributed by atoms with E-state index in [0.717, 1.165) is 50.6 Å². The lowest BCUT2D eigenvalue weighted by Gasteiger charge is -2.34. The Kier molecular flexibility index (Phi) is 6.63. The molecule has 1 saturated heterocycles. The summed E-state index contributed by atoms with van der Waals surface area (Å²) in [4.78, 5) is 17.0. The van der Waals surface area contributed by atoms with Crippen LogP contribution in [0, 0.1) is 0 Å². The monoisotopic (exact) mass is 353 g/mol. The summed E-state index contributed by atoms with van der Waals surface area (Å²) in [6.45, 7) is 5.40. The van der Waals surface area contributed by atoms with Crippen LogP contribution in [0.5, 0.6) is 5.75 Å². The third-order valence-electron chi connectivity index (χ3n) is 4.75. The van der Waals surface area contributed by atoms with Crippen molar-refractivity contribution in [1.29, 1.82) is 0 Å². The number of nitrogens with one attached hydrogen (secondary N) is 1. The fourth-order valence-corrected chi connectivity index (χ4v) is 3.21. The number of piperazine rings is 1. The molecule has 2 aromatic carbocycles. The van der Waals surface area contributed by atoms with Crippen LogP contribution in [0.25, 0.3) is 0 Å². The molecule has 1 N–H and O–H groups in total. The molecule has 3 rings (SSSR count). The number of hydrogen-bond donors (Lipinski definition) is 1. The fourth-order valence-electron chi connectivity index (χ4n) is 3.21. The first-order valence-electron chi connectivity index (χ1n) is 9.15. The molecule has 0 unspecified atom stereocenters. The molecular formula is C21H27N3O2. The van der Waals surface area contributed by atoms with E-state index < -0.39 is 0 Å². The predicted octanol–water partition coefficient (Wildman–Crippen LogP) is 2.49. The van der Waals surface area contributed by atoms with Crippen LogP contribution in [-0.2, 0) is 11.2 Å². The van der Waals surface area contributed by atoms with Gasteiger partial charge in [0, 0.05) is 44.5 Å². The smallest absolute Gasteiger partial charge is 0.238 e. The van der Waals surface area contributed by atoms with Gasteiger partial charge in [-0.2, -0.15) is 0 Å². The summed E-state index contributed by atoms with van der Waals surface area (Å²) in [5.74, 6) is 0.769. The lowest BCUT2D eigenvalue weighted by molar-refractivity contribution is -0.117. The van der Waals surface area contributed by atoms with Crippen LogP contribution in [0.3, 0.4) is 0 Å². The van der Waals surface area contributed by atoms with Gasteiger partial charge in [-0.25, -0.2) is 0 Å². The topological polar surface area (TPSA) is 44.8 Å². The average molecular weight is 353 g/mol. The van der Waals surface area contributed by atoms with E-state index in [2.05, 4.69) is 45.4 Å². The number of carbonyl (C=O) groups excluding carboxylic acids is 1. The average Bonchev–Trinajstić information content (AvgIpc) is 2.68. The van der Waals surface area contributed by atoms with E-state index in [1.807, 2.05) is 24.3 Å². The highest BCUT2D eigenvalue weighted by atomic mass is 16.5. The van der Waals surface area contributed by atoms with Gasteiger partial charge in [-0.15, -0.1) is 0 Å². The Bertz CT molecular complexity index is 697. The minimum Gasteiger partial charge on any atom is -0.497 e. The molecule has 0 aliphatic carbocycles. The van der Waals surface area contributed by atoms with Gasteiger partial charge < -0.3 is 15.0 Å². The highest BCUT2D eigenvalue weighted by molar-refractivity contribution is 5.92. The minimum absolute atomic E-state index is 0.0241. The molecule has 0 atom stereocenters. The van der Waals surface area contributed by atoms with Crippen LogP contribution >= 0.6 is 0 Å². The second kappa shape index (κ2) is 9.36. The van der Waals surface area contributed by atoms with Gasteiger partial charge in [-0.3, -0.25) is 9.69 Å². The van der Waals surface area contributed by atoms with Gasteiger partial charge in [0.2, 0.25) is 5.91 Å². The van der Waals surface area contributed by atoms with E-state index in [1.54, 1.807) is 7.11 Å². The van der Waals surface area contributed by atoms with Crippen molar-refractivity contribution in [3.05, 3.63) is 60.2 Å². The van der Waals surface area contributed by atoms with Crippen molar-refractivity contribution >= 4 is 11.6 Å². The predicted molar refractivity (Wildman–Crippen MR) is 105 cm³/mol. The van der Waals surface area contributed by atoms with Crippen molar-refractivity contribution in [3.8, 4) is 5.75 Å². The van der Waals surface area contributed by atoms with Crippen molar-refractivity contribution in [3.63, 3.8) is 0 Å². The van der Waals surface area contributed by atoms with E-state index in [9.17, 15) is 4.79 Å². The molecule has 1 aliphatic rings. The molecule has 1 amide bonds. The molecule has 0 bridgehead atoms. The molecule has 138 valence electrons. The highest BCUT2D eigenvalue weighted by Gasteiger charge is 2.18. The van der Waals surface area contributed by atoms with Crippen molar-refractivity contribution in [2.24, 2.45) is 0 Å². The summed E-state index contributed by atoms with van der Waals surface area (Å²) in [5, 5.41) is 2.95. The van der Waals surface area contributed by atoms with Crippen molar-refractivity contribution in [1.82, 2.24) is 9.80 Å².